The molecular weight excluding hydrogens is 210 g/mol. The lowest BCUT2D eigenvalue weighted by atomic mass is 10.1. The predicted molar refractivity (Wildman–Crippen MR) is 58.6 cm³/mol. The number of hydrogen-bond acceptors (Lipinski definition) is 4. The first-order valence-electron chi connectivity index (χ1n) is 5.49. The highest BCUT2D eigenvalue weighted by Crippen LogP contribution is 2.05. The highest BCUT2D eigenvalue weighted by molar-refractivity contribution is 5.82. The molecule has 2 amide bonds. The van der Waals surface area contributed by atoms with Crippen molar-refractivity contribution in [2.24, 2.45) is 5.73 Å². The van der Waals surface area contributed by atoms with Crippen LogP contribution in [-0.4, -0.2) is 43.7 Å². The van der Waals surface area contributed by atoms with Crippen molar-refractivity contribution in [1.29, 1.82) is 0 Å². The number of nitrogens with two attached hydrogens (primary N) is 1. The minimum absolute atomic E-state index is 0.111. The van der Waals surface area contributed by atoms with E-state index in [2.05, 4.69) is 10.6 Å². The van der Waals surface area contributed by atoms with Crippen LogP contribution in [0.2, 0.25) is 0 Å². The summed E-state index contributed by atoms with van der Waals surface area (Å²) in [5, 5.41) is 5.63. The van der Waals surface area contributed by atoms with Crippen molar-refractivity contribution >= 4 is 11.8 Å². The number of nitrogens with one attached hydrogen (secondary N) is 2. The molecule has 6 nitrogen and oxygen atoms in total. The van der Waals surface area contributed by atoms with Gasteiger partial charge in [-0.2, -0.15) is 0 Å². The number of carbonyl (C=O) groups excluding carboxylic acids is 2. The van der Waals surface area contributed by atoms with Gasteiger partial charge in [-0.3, -0.25) is 14.9 Å². The fourth-order valence-corrected chi connectivity index (χ4v) is 1.47. The number of ether oxygens (including phenoxy) is 1. The molecule has 0 aromatic heterocycles. The summed E-state index contributed by atoms with van der Waals surface area (Å²) >= 11 is 0. The van der Waals surface area contributed by atoms with E-state index >= 15 is 0 Å². The molecule has 0 aliphatic carbocycles. The molecule has 6 heteroatoms. The van der Waals surface area contributed by atoms with Crippen LogP contribution in [0, 0.1) is 0 Å². The molecule has 0 bridgehead atoms. The monoisotopic (exact) mass is 229 g/mol. The zero-order valence-corrected chi connectivity index (χ0v) is 9.49. The first kappa shape index (κ1) is 12.9. The Morgan fingerprint density at radius 2 is 2.06 bits per heavy atom. The zero-order chi connectivity index (χ0) is 12.0. The number of hydrogen-bond donors (Lipinski definition) is 3. The molecule has 1 aliphatic rings. The van der Waals surface area contributed by atoms with Gasteiger partial charge >= 0.3 is 0 Å². The van der Waals surface area contributed by atoms with E-state index < -0.39 is 11.9 Å². The molecule has 1 aliphatic heterocycles. The SMILES string of the molecule is CC(NCC(=O)NC1CCOCC1)C(N)=O. The molecule has 1 atom stereocenters. The molecule has 1 heterocycles. The summed E-state index contributed by atoms with van der Waals surface area (Å²) in [7, 11) is 0. The van der Waals surface area contributed by atoms with Gasteiger partial charge in [0.25, 0.3) is 0 Å². The summed E-state index contributed by atoms with van der Waals surface area (Å²) in [6, 6.07) is -0.299. The van der Waals surface area contributed by atoms with Gasteiger partial charge in [0.1, 0.15) is 0 Å². The summed E-state index contributed by atoms with van der Waals surface area (Å²) in [6.07, 6.45) is 1.69. The molecule has 0 saturated carbocycles. The van der Waals surface area contributed by atoms with Gasteiger partial charge in [-0.25, -0.2) is 0 Å². The second-order valence-electron chi connectivity index (χ2n) is 3.96. The summed E-state index contributed by atoms with van der Waals surface area (Å²) in [5.74, 6) is -0.570. The van der Waals surface area contributed by atoms with Crippen LogP contribution >= 0.6 is 0 Å². The third-order valence-corrected chi connectivity index (χ3v) is 2.58. The van der Waals surface area contributed by atoms with Crippen LogP contribution < -0.4 is 16.4 Å². The van der Waals surface area contributed by atoms with Crippen molar-refractivity contribution < 1.29 is 14.3 Å². The van der Waals surface area contributed by atoms with E-state index in [9.17, 15) is 9.59 Å². The molecule has 4 N–H and O–H groups in total. The van der Waals surface area contributed by atoms with Crippen LogP contribution in [0.25, 0.3) is 0 Å². The van der Waals surface area contributed by atoms with Crippen molar-refractivity contribution in [1.82, 2.24) is 10.6 Å². The van der Waals surface area contributed by atoms with Crippen LogP contribution in [0.3, 0.4) is 0 Å². The van der Waals surface area contributed by atoms with E-state index in [4.69, 9.17) is 10.5 Å². The summed E-state index contributed by atoms with van der Waals surface area (Å²) in [4.78, 5) is 22.2. The van der Waals surface area contributed by atoms with Gasteiger partial charge in [0, 0.05) is 19.3 Å². The highest BCUT2D eigenvalue weighted by Gasteiger charge is 2.16. The molecule has 1 unspecified atom stereocenters. The van der Waals surface area contributed by atoms with Crippen molar-refractivity contribution in [3.63, 3.8) is 0 Å². The zero-order valence-electron chi connectivity index (χ0n) is 9.49. The van der Waals surface area contributed by atoms with Crippen LogP contribution in [-0.2, 0) is 14.3 Å². The Morgan fingerprint density at radius 1 is 1.44 bits per heavy atom. The van der Waals surface area contributed by atoms with Gasteiger partial charge in [-0.1, -0.05) is 0 Å². The topological polar surface area (TPSA) is 93.4 Å². The van der Waals surface area contributed by atoms with Gasteiger partial charge in [0.15, 0.2) is 0 Å². The van der Waals surface area contributed by atoms with Crippen molar-refractivity contribution in [3.8, 4) is 0 Å². The van der Waals surface area contributed by atoms with Crippen LogP contribution in [0.1, 0.15) is 19.8 Å². The summed E-state index contributed by atoms with van der Waals surface area (Å²) < 4.78 is 5.18. The Kier molecular flexibility index (Phi) is 5.21. The molecule has 16 heavy (non-hydrogen) atoms. The average Bonchev–Trinajstić information content (AvgIpc) is 2.27. The number of primary amides is 1. The van der Waals surface area contributed by atoms with Crippen LogP contribution in [0.15, 0.2) is 0 Å². The van der Waals surface area contributed by atoms with Crippen LogP contribution in [0.4, 0.5) is 0 Å². The van der Waals surface area contributed by atoms with Gasteiger partial charge in [-0.05, 0) is 19.8 Å². The van der Waals surface area contributed by atoms with Gasteiger partial charge in [-0.15, -0.1) is 0 Å². The maximum atomic E-state index is 11.5. The lowest BCUT2D eigenvalue weighted by molar-refractivity contribution is -0.122. The molecular formula is C10H19N3O3. The normalized spacial score (nSPS) is 19.1. The largest absolute Gasteiger partial charge is 0.381 e. The van der Waals surface area contributed by atoms with Crippen molar-refractivity contribution in [2.75, 3.05) is 19.8 Å². The molecule has 1 fully saturated rings. The molecule has 92 valence electrons. The van der Waals surface area contributed by atoms with Crippen molar-refractivity contribution in [3.05, 3.63) is 0 Å². The van der Waals surface area contributed by atoms with E-state index in [-0.39, 0.29) is 18.5 Å². The van der Waals surface area contributed by atoms with Gasteiger partial charge < -0.3 is 15.8 Å². The highest BCUT2D eigenvalue weighted by atomic mass is 16.5. The Bertz CT molecular complexity index is 252. The summed E-state index contributed by atoms with van der Waals surface area (Å²) in [6.45, 7) is 3.12. The molecule has 0 aromatic rings. The first-order valence-corrected chi connectivity index (χ1v) is 5.49. The lowest BCUT2D eigenvalue weighted by Crippen LogP contribution is -2.47. The van der Waals surface area contributed by atoms with E-state index in [0.29, 0.717) is 13.2 Å². The quantitative estimate of drug-likeness (QED) is 0.549. The van der Waals surface area contributed by atoms with Crippen molar-refractivity contribution in [2.45, 2.75) is 31.8 Å². The first-order chi connectivity index (χ1) is 7.59. The number of rotatable bonds is 5. The fraction of sp³-hybridized carbons (Fsp3) is 0.800. The van der Waals surface area contributed by atoms with E-state index in [0.717, 1.165) is 12.8 Å². The predicted octanol–water partition coefficient (Wildman–Crippen LogP) is -1.25. The Hall–Kier alpha value is -1.14. The second kappa shape index (κ2) is 6.44. The van der Waals surface area contributed by atoms with E-state index in [1.165, 1.54) is 0 Å². The maximum Gasteiger partial charge on any atom is 0.234 e. The minimum atomic E-state index is -0.486. The van der Waals surface area contributed by atoms with Crippen LogP contribution in [0.5, 0.6) is 0 Å². The minimum Gasteiger partial charge on any atom is -0.381 e. The Labute approximate surface area is 94.9 Å². The second-order valence-corrected chi connectivity index (χ2v) is 3.96. The Morgan fingerprint density at radius 3 is 2.62 bits per heavy atom. The maximum absolute atomic E-state index is 11.5. The smallest absolute Gasteiger partial charge is 0.234 e. The third-order valence-electron chi connectivity index (χ3n) is 2.58. The standard InChI is InChI=1S/C10H19N3O3/c1-7(10(11)15)12-6-9(14)13-8-2-4-16-5-3-8/h7-8,12H,2-6H2,1H3,(H2,11,15)(H,13,14). The van der Waals surface area contributed by atoms with E-state index in [1.807, 2.05) is 0 Å². The Balaban J connectivity index is 2.17. The summed E-state index contributed by atoms with van der Waals surface area (Å²) in [5.41, 5.74) is 5.06. The lowest BCUT2D eigenvalue weighted by Gasteiger charge is -2.23. The molecule has 0 radical (unpaired) electrons. The number of amides is 2. The van der Waals surface area contributed by atoms with Gasteiger partial charge in [0.05, 0.1) is 12.6 Å². The third kappa shape index (κ3) is 4.59. The molecule has 0 aromatic carbocycles. The molecule has 1 rings (SSSR count). The molecule has 1 saturated heterocycles. The van der Waals surface area contributed by atoms with E-state index in [1.54, 1.807) is 6.92 Å². The number of carbonyl (C=O) groups is 2. The van der Waals surface area contributed by atoms with Gasteiger partial charge in [0.2, 0.25) is 11.8 Å². The average molecular weight is 229 g/mol. The molecule has 0 spiro atoms. The fourth-order valence-electron chi connectivity index (χ4n) is 1.47.